The summed E-state index contributed by atoms with van der Waals surface area (Å²) >= 11 is 0. The zero-order valence-electron chi connectivity index (χ0n) is 32.8. The van der Waals surface area contributed by atoms with E-state index in [1.807, 2.05) is 93.6 Å². The van der Waals surface area contributed by atoms with Crippen LogP contribution in [0.2, 0.25) is 0 Å². The highest BCUT2D eigenvalue weighted by atomic mass is 32.3. The van der Waals surface area contributed by atoms with Gasteiger partial charge in [-0.15, -0.1) is 0 Å². The van der Waals surface area contributed by atoms with Gasteiger partial charge in [-0.2, -0.15) is 8.42 Å². The second kappa shape index (κ2) is 21.2. The lowest BCUT2D eigenvalue weighted by Crippen LogP contribution is -2.60. The van der Waals surface area contributed by atoms with Crippen molar-refractivity contribution in [2.24, 2.45) is 10.8 Å². The predicted molar refractivity (Wildman–Crippen MR) is 208 cm³/mol. The summed E-state index contributed by atoms with van der Waals surface area (Å²) in [6, 6.07) is 19.8. The number of carbonyl (C=O) groups excluding carboxylic acids is 4. The van der Waals surface area contributed by atoms with Gasteiger partial charge in [-0.05, 0) is 40.5 Å². The Labute approximate surface area is 328 Å². The zero-order chi connectivity index (χ0) is 42.3. The Bertz CT molecular complexity index is 1810. The molecule has 0 fully saturated rings. The third kappa shape index (κ3) is 17.1. The molecule has 0 saturated heterocycles. The normalized spacial score (nSPS) is 13.8. The molecule has 3 rings (SSSR count). The highest BCUT2D eigenvalue weighted by Crippen LogP contribution is 2.23. The number of aliphatic hydroxyl groups is 1. The van der Waals surface area contributed by atoms with Crippen molar-refractivity contribution in [1.29, 1.82) is 0 Å². The number of carbonyl (C=O) groups is 4. The Kier molecular flexibility index (Phi) is 17.8. The van der Waals surface area contributed by atoms with Crippen molar-refractivity contribution in [2.75, 3.05) is 20.8 Å². The van der Waals surface area contributed by atoms with E-state index in [1.54, 1.807) is 32.0 Å². The fourth-order valence-corrected chi connectivity index (χ4v) is 5.38. The van der Waals surface area contributed by atoms with E-state index < -0.39 is 69.5 Å². The van der Waals surface area contributed by atoms with Gasteiger partial charge in [-0.1, -0.05) is 102 Å². The average molecular weight is 803 g/mol. The van der Waals surface area contributed by atoms with E-state index in [9.17, 15) is 24.3 Å². The molecule has 4 amide bonds. The minimum atomic E-state index is -4.67. The fraction of sp³-hybridized carbons (Fsp3) is 0.447. The van der Waals surface area contributed by atoms with E-state index in [2.05, 4.69) is 26.4 Å². The summed E-state index contributed by atoms with van der Waals surface area (Å²) in [4.78, 5) is 56.3. The Morgan fingerprint density at radius 2 is 1.23 bits per heavy atom. The average Bonchev–Trinajstić information content (AvgIpc) is 3.11. The number of aliphatic hydroxyl groups excluding tert-OH is 1. The molecule has 0 bridgehead atoms. The van der Waals surface area contributed by atoms with Gasteiger partial charge >= 0.3 is 22.6 Å². The van der Waals surface area contributed by atoms with Crippen molar-refractivity contribution < 1.29 is 51.3 Å². The molecule has 2 aromatic carbocycles. The maximum absolute atomic E-state index is 13.8. The van der Waals surface area contributed by atoms with E-state index in [0.29, 0.717) is 0 Å². The molecule has 0 aliphatic heterocycles. The number of ether oxygens (including phenoxy) is 2. The van der Waals surface area contributed by atoms with Crippen LogP contribution in [0.3, 0.4) is 0 Å². The number of nitrogens with zero attached hydrogens (tertiary/aromatic N) is 2. The second-order valence-corrected chi connectivity index (χ2v) is 15.9. The number of hydrogen-bond donors (Lipinski definition) is 7. The summed E-state index contributed by atoms with van der Waals surface area (Å²) in [5.41, 5.74) is 4.88. The molecular weight excluding hydrogens is 749 g/mol. The molecule has 56 heavy (non-hydrogen) atoms. The lowest BCUT2D eigenvalue weighted by molar-refractivity contribution is -0.132. The van der Waals surface area contributed by atoms with Crippen LogP contribution < -0.4 is 21.4 Å². The molecule has 3 unspecified atom stereocenters. The number of nitrogens with one attached hydrogen (secondary N) is 4. The van der Waals surface area contributed by atoms with E-state index >= 15 is 0 Å². The van der Waals surface area contributed by atoms with Crippen molar-refractivity contribution in [3.63, 3.8) is 0 Å². The molecule has 0 aliphatic rings. The van der Waals surface area contributed by atoms with Gasteiger partial charge in [0, 0.05) is 24.8 Å². The minimum absolute atomic E-state index is 0.120. The van der Waals surface area contributed by atoms with Crippen LogP contribution in [0, 0.1) is 10.8 Å². The molecule has 7 N–H and O–H groups in total. The van der Waals surface area contributed by atoms with Crippen LogP contribution in [0.5, 0.6) is 0 Å². The highest BCUT2D eigenvalue weighted by Gasteiger charge is 2.37. The number of hydrogen-bond acceptors (Lipinski definition) is 11. The van der Waals surface area contributed by atoms with Gasteiger partial charge in [0.05, 0.1) is 32.1 Å². The maximum Gasteiger partial charge on any atom is 0.407 e. The Balaban J connectivity index is 0.00000203. The monoisotopic (exact) mass is 802 g/mol. The van der Waals surface area contributed by atoms with E-state index in [-0.39, 0.29) is 19.5 Å². The first-order chi connectivity index (χ1) is 26.0. The van der Waals surface area contributed by atoms with Crippen LogP contribution in [-0.4, -0.2) is 102 Å². The van der Waals surface area contributed by atoms with Crippen LogP contribution in [0.4, 0.5) is 9.59 Å². The van der Waals surface area contributed by atoms with Crippen LogP contribution in [0.1, 0.15) is 52.7 Å². The molecule has 18 heteroatoms. The Hall–Kier alpha value is -5.14. The quantitative estimate of drug-likeness (QED) is 0.0912. The summed E-state index contributed by atoms with van der Waals surface area (Å²) in [5.74, 6) is -1.03. The largest absolute Gasteiger partial charge is 0.453 e. The third-order valence-corrected chi connectivity index (χ3v) is 8.21. The summed E-state index contributed by atoms with van der Waals surface area (Å²) < 4.78 is 41.1. The minimum Gasteiger partial charge on any atom is -0.453 e. The van der Waals surface area contributed by atoms with Crippen LogP contribution >= 0.6 is 0 Å². The standard InChI is InChI=1S/C38H52N6O7.H2O4S/c1-37(2,3)31(41-35(48)50-7)33(46)40-29(22-25-14-10-9-11-15-25)30(45)24-44(43-34(47)32(38(4,5)6)42-36(49)51-8)23-26-17-19-27(20-18-26)28-16-12-13-21-39-28;1-5(2,3)4/h9-21,29-32,45H,22-24H2,1-8H3,(H,40,46)(H,41,48)(H,42,49)(H,43,47);(H2,1,2,3,4)/t29-,30?,31?,32?;/m0./s1. The van der Waals surface area contributed by atoms with Crippen LogP contribution in [0.25, 0.3) is 11.3 Å². The molecule has 308 valence electrons. The number of rotatable bonds is 14. The first-order valence-electron chi connectivity index (χ1n) is 17.5. The van der Waals surface area contributed by atoms with E-state index in [4.69, 9.17) is 27.0 Å². The molecule has 17 nitrogen and oxygen atoms in total. The number of hydrazine groups is 1. The summed E-state index contributed by atoms with van der Waals surface area (Å²) in [5, 5.41) is 21.6. The van der Waals surface area contributed by atoms with E-state index in [1.165, 1.54) is 14.2 Å². The summed E-state index contributed by atoms with van der Waals surface area (Å²) in [6.07, 6.45) is -0.778. The summed E-state index contributed by atoms with van der Waals surface area (Å²) in [7, 11) is -2.23. The lowest BCUT2D eigenvalue weighted by Gasteiger charge is -2.35. The SMILES string of the molecule is COC(=O)NC(C(=O)N[C@@H](Cc1ccccc1)C(O)CN(Cc1ccc(-c2ccccn2)cc1)NC(=O)C(NC(=O)OC)C(C)(C)C)C(C)(C)C.O=S(=O)(O)O. The fourth-order valence-electron chi connectivity index (χ4n) is 5.38. The number of amides is 4. The van der Waals surface area contributed by atoms with Gasteiger partial charge in [0.15, 0.2) is 0 Å². The lowest BCUT2D eigenvalue weighted by atomic mass is 9.85. The van der Waals surface area contributed by atoms with Gasteiger partial charge < -0.3 is 30.5 Å². The first kappa shape index (κ1) is 47.0. The van der Waals surface area contributed by atoms with Crippen molar-refractivity contribution in [1.82, 2.24) is 31.4 Å². The van der Waals surface area contributed by atoms with E-state index in [0.717, 1.165) is 22.4 Å². The molecule has 0 aliphatic carbocycles. The van der Waals surface area contributed by atoms with Gasteiger partial charge in [-0.25, -0.2) is 14.6 Å². The molecule has 1 aromatic heterocycles. The van der Waals surface area contributed by atoms with Gasteiger partial charge in [0.1, 0.15) is 12.1 Å². The first-order valence-corrected chi connectivity index (χ1v) is 18.9. The molecule has 0 saturated carbocycles. The number of methoxy groups -OCH3 is 2. The molecular formula is C38H54N6O11S. The van der Waals surface area contributed by atoms with Crippen molar-refractivity contribution in [2.45, 2.75) is 78.7 Å². The van der Waals surface area contributed by atoms with Crippen molar-refractivity contribution >= 4 is 34.4 Å². The Morgan fingerprint density at radius 3 is 1.70 bits per heavy atom. The summed E-state index contributed by atoms with van der Waals surface area (Å²) in [6.45, 7) is 10.9. The Morgan fingerprint density at radius 1 is 0.732 bits per heavy atom. The van der Waals surface area contributed by atoms with Crippen LogP contribution in [0.15, 0.2) is 79.0 Å². The maximum atomic E-state index is 13.8. The zero-order valence-corrected chi connectivity index (χ0v) is 33.7. The van der Waals surface area contributed by atoms with Gasteiger partial charge in [0.2, 0.25) is 5.91 Å². The van der Waals surface area contributed by atoms with Crippen LogP contribution in [-0.2, 0) is 42.4 Å². The van der Waals surface area contributed by atoms with Crippen molar-refractivity contribution in [3.05, 3.63) is 90.1 Å². The van der Waals surface area contributed by atoms with Gasteiger partial charge in [-0.3, -0.25) is 29.1 Å². The molecule has 0 spiro atoms. The van der Waals surface area contributed by atoms with Gasteiger partial charge in [0.25, 0.3) is 5.91 Å². The third-order valence-electron chi connectivity index (χ3n) is 8.21. The number of alkyl carbamates (subject to hydrolysis) is 2. The number of pyridine rings is 1. The molecule has 0 radical (unpaired) electrons. The molecule has 1 heterocycles. The molecule has 4 atom stereocenters. The topological polar surface area (TPSA) is 246 Å². The smallest absolute Gasteiger partial charge is 0.407 e. The highest BCUT2D eigenvalue weighted by molar-refractivity contribution is 7.79. The number of benzene rings is 2. The predicted octanol–water partition coefficient (Wildman–Crippen LogP) is 3.56. The van der Waals surface area contributed by atoms with Crippen molar-refractivity contribution in [3.8, 4) is 11.3 Å². The molecule has 3 aromatic rings. The second-order valence-electron chi connectivity index (χ2n) is 15.0. The number of aromatic nitrogens is 1.